The molecule has 2 atom stereocenters. The lowest BCUT2D eigenvalue weighted by atomic mass is 9.96. The van der Waals surface area contributed by atoms with Crippen molar-refractivity contribution in [3.8, 4) is 0 Å². The monoisotopic (exact) mass is 535 g/mol. The predicted octanol–water partition coefficient (Wildman–Crippen LogP) is 2.71. The fourth-order valence-corrected chi connectivity index (χ4v) is 5.05. The Balaban J connectivity index is 1.33. The average Bonchev–Trinajstić information content (AvgIpc) is 3.34. The van der Waals surface area contributed by atoms with Gasteiger partial charge in [-0.3, -0.25) is 9.59 Å². The van der Waals surface area contributed by atoms with Crippen molar-refractivity contribution in [2.24, 2.45) is 5.73 Å². The number of esters is 1. The standard InChI is InChI=1S/C29H37N5O5/c1-38-16-6-15-34-25-9-4-3-8-24(25)32-27(34)22-7-5-14-33(19-22)26(35)17-23(30)18-31-28(36)20-10-12-21(13-11-20)29(37)39-2/h3-4,8-13,22-23H,5-7,14-19,30H2,1-2H3,(H,31,36)/t22-,23-/m1/s1. The van der Waals surface area contributed by atoms with Gasteiger partial charge in [0.25, 0.3) is 5.91 Å². The number of nitrogens with one attached hydrogen (secondary N) is 1. The van der Waals surface area contributed by atoms with Crippen molar-refractivity contribution >= 4 is 28.8 Å². The first-order valence-electron chi connectivity index (χ1n) is 13.3. The van der Waals surface area contributed by atoms with Crippen LogP contribution >= 0.6 is 0 Å². The lowest BCUT2D eigenvalue weighted by Gasteiger charge is -2.33. The number of likely N-dealkylation sites (tertiary alicyclic amines) is 1. The highest BCUT2D eigenvalue weighted by Crippen LogP contribution is 2.30. The zero-order valence-electron chi connectivity index (χ0n) is 22.6. The number of rotatable bonds is 11. The number of imidazole rings is 1. The first-order chi connectivity index (χ1) is 18.9. The van der Waals surface area contributed by atoms with Gasteiger partial charge in [0.15, 0.2) is 0 Å². The Bertz CT molecular complexity index is 1290. The summed E-state index contributed by atoms with van der Waals surface area (Å²) < 4.78 is 12.2. The number of aromatic nitrogens is 2. The van der Waals surface area contributed by atoms with E-state index in [1.54, 1.807) is 19.2 Å². The Morgan fingerprint density at radius 3 is 2.59 bits per heavy atom. The van der Waals surface area contributed by atoms with E-state index in [1.165, 1.54) is 19.2 Å². The van der Waals surface area contributed by atoms with Gasteiger partial charge >= 0.3 is 5.97 Å². The smallest absolute Gasteiger partial charge is 0.337 e. The summed E-state index contributed by atoms with van der Waals surface area (Å²) >= 11 is 0. The Kier molecular flexibility index (Phi) is 9.67. The Morgan fingerprint density at radius 2 is 1.85 bits per heavy atom. The minimum absolute atomic E-state index is 0.0223. The molecule has 0 bridgehead atoms. The van der Waals surface area contributed by atoms with E-state index in [2.05, 4.69) is 20.7 Å². The summed E-state index contributed by atoms with van der Waals surface area (Å²) in [5, 5.41) is 2.78. The molecule has 1 fully saturated rings. The number of aryl methyl sites for hydroxylation is 1. The number of para-hydroxylation sites is 2. The number of carbonyl (C=O) groups excluding carboxylic acids is 3. The molecule has 10 nitrogen and oxygen atoms in total. The van der Waals surface area contributed by atoms with Crippen LogP contribution in [0.2, 0.25) is 0 Å². The predicted molar refractivity (Wildman–Crippen MR) is 147 cm³/mol. The van der Waals surface area contributed by atoms with Gasteiger partial charge in [-0.25, -0.2) is 9.78 Å². The molecule has 1 aliphatic heterocycles. The number of hydrogen-bond acceptors (Lipinski definition) is 7. The van der Waals surface area contributed by atoms with Crippen LogP contribution in [0.1, 0.15) is 58.1 Å². The molecule has 2 amide bonds. The number of nitrogens with two attached hydrogens (primary N) is 1. The van der Waals surface area contributed by atoms with Crippen LogP contribution in [-0.4, -0.2) is 78.7 Å². The van der Waals surface area contributed by atoms with E-state index < -0.39 is 12.0 Å². The van der Waals surface area contributed by atoms with Gasteiger partial charge in [0, 0.05) is 63.8 Å². The number of carbonyl (C=O) groups is 3. The van der Waals surface area contributed by atoms with Crippen LogP contribution in [-0.2, 0) is 20.8 Å². The van der Waals surface area contributed by atoms with Crippen molar-refractivity contribution in [2.45, 2.75) is 44.2 Å². The molecule has 0 aliphatic carbocycles. The first-order valence-corrected chi connectivity index (χ1v) is 13.3. The fourth-order valence-electron chi connectivity index (χ4n) is 5.05. The number of ether oxygens (including phenoxy) is 2. The molecule has 1 aliphatic rings. The van der Waals surface area contributed by atoms with Crippen molar-refractivity contribution in [3.63, 3.8) is 0 Å². The van der Waals surface area contributed by atoms with Gasteiger partial charge in [-0.1, -0.05) is 12.1 Å². The Hall–Kier alpha value is -3.76. The molecule has 0 unspecified atom stereocenters. The number of nitrogens with zero attached hydrogens (tertiary/aromatic N) is 3. The highest BCUT2D eigenvalue weighted by atomic mass is 16.5. The lowest BCUT2D eigenvalue weighted by molar-refractivity contribution is -0.132. The summed E-state index contributed by atoms with van der Waals surface area (Å²) in [5.41, 5.74) is 9.05. The summed E-state index contributed by atoms with van der Waals surface area (Å²) in [7, 11) is 3.01. The molecule has 3 aromatic rings. The summed E-state index contributed by atoms with van der Waals surface area (Å²) in [6, 6.07) is 13.8. The van der Waals surface area contributed by atoms with E-state index >= 15 is 0 Å². The molecule has 1 aromatic heterocycles. The molecule has 0 radical (unpaired) electrons. The van der Waals surface area contributed by atoms with Gasteiger partial charge in [0.1, 0.15) is 5.82 Å². The third-order valence-electron chi connectivity index (χ3n) is 7.08. The summed E-state index contributed by atoms with van der Waals surface area (Å²) in [4.78, 5) is 44.0. The molecule has 2 aromatic carbocycles. The second kappa shape index (κ2) is 13.3. The van der Waals surface area contributed by atoms with E-state index in [4.69, 9.17) is 15.5 Å². The molecule has 208 valence electrons. The summed E-state index contributed by atoms with van der Waals surface area (Å²) in [5.74, 6) is 0.345. The SMILES string of the molecule is COCCCn1c([C@@H]2CCCN(C(=O)C[C@@H](N)CNC(=O)c3ccc(C(=O)OC)cc3)C2)nc2ccccc21. The molecule has 3 N–H and O–H groups in total. The van der Waals surface area contributed by atoms with Crippen LogP contribution in [0.3, 0.4) is 0 Å². The largest absolute Gasteiger partial charge is 0.465 e. The van der Waals surface area contributed by atoms with Crippen LogP contribution < -0.4 is 11.1 Å². The normalized spacial score (nSPS) is 16.2. The number of piperidine rings is 1. The van der Waals surface area contributed by atoms with E-state index in [-0.39, 0.29) is 30.7 Å². The van der Waals surface area contributed by atoms with Crippen LogP contribution in [0.15, 0.2) is 48.5 Å². The zero-order chi connectivity index (χ0) is 27.8. The Morgan fingerprint density at radius 1 is 1.10 bits per heavy atom. The molecule has 10 heteroatoms. The maximum atomic E-state index is 13.1. The topological polar surface area (TPSA) is 129 Å². The van der Waals surface area contributed by atoms with Gasteiger partial charge < -0.3 is 30.0 Å². The third-order valence-corrected chi connectivity index (χ3v) is 7.08. The molecule has 39 heavy (non-hydrogen) atoms. The molecule has 4 rings (SSSR count). The van der Waals surface area contributed by atoms with Crippen molar-refractivity contribution < 1.29 is 23.9 Å². The molecular formula is C29H37N5O5. The van der Waals surface area contributed by atoms with Gasteiger partial charge in [-0.05, 0) is 55.7 Å². The molecular weight excluding hydrogens is 498 g/mol. The maximum Gasteiger partial charge on any atom is 0.337 e. The first kappa shape index (κ1) is 28.3. The van der Waals surface area contributed by atoms with Crippen LogP contribution in [0, 0.1) is 0 Å². The maximum absolute atomic E-state index is 13.1. The van der Waals surface area contributed by atoms with Crippen LogP contribution in [0.25, 0.3) is 11.0 Å². The summed E-state index contributed by atoms with van der Waals surface area (Å²) in [6.07, 6.45) is 2.88. The average molecular weight is 536 g/mol. The number of amides is 2. The highest BCUT2D eigenvalue weighted by molar-refractivity contribution is 5.96. The molecule has 0 spiro atoms. The van der Waals surface area contributed by atoms with Crippen molar-refractivity contribution in [1.29, 1.82) is 0 Å². The zero-order valence-corrected chi connectivity index (χ0v) is 22.6. The Labute approximate surface area is 228 Å². The molecule has 0 saturated carbocycles. The third kappa shape index (κ3) is 7.01. The van der Waals surface area contributed by atoms with Crippen LogP contribution in [0.5, 0.6) is 0 Å². The number of fused-ring (bicyclic) bond motifs is 1. The molecule has 2 heterocycles. The second-order valence-electron chi connectivity index (χ2n) is 9.88. The van der Waals surface area contributed by atoms with E-state index in [1.807, 2.05) is 23.1 Å². The van der Waals surface area contributed by atoms with E-state index in [0.717, 1.165) is 42.7 Å². The fraction of sp³-hybridized carbons (Fsp3) is 0.448. The number of hydrogen-bond donors (Lipinski definition) is 2. The molecule has 1 saturated heterocycles. The van der Waals surface area contributed by atoms with Gasteiger partial charge in [-0.2, -0.15) is 0 Å². The van der Waals surface area contributed by atoms with Gasteiger partial charge in [0.05, 0.1) is 23.7 Å². The van der Waals surface area contributed by atoms with Crippen molar-refractivity contribution in [3.05, 3.63) is 65.5 Å². The van der Waals surface area contributed by atoms with E-state index in [9.17, 15) is 14.4 Å². The van der Waals surface area contributed by atoms with Crippen molar-refractivity contribution in [1.82, 2.24) is 19.8 Å². The van der Waals surface area contributed by atoms with Gasteiger partial charge in [-0.15, -0.1) is 0 Å². The quantitative estimate of drug-likeness (QED) is 0.285. The van der Waals surface area contributed by atoms with E-state index in [0.29, 0.717) is 30.8 Å². The minimum Gasteiger partial charge on any atom is -0.465 e. The van der Waals surface area contributed by atoms with Crippen LogP contribution in [0.4, 0.5) is 0 Å². The number of methoxy groups -OCH3 is 2. The lowest BCUT2D eigenvalue weighted by Crippen LogP contribution is -2.45. The number of benzene rings is 2. The minimum atomic E-state index is -0.519. The second-order valence-corrected chi connectivity index (χ2v) is 9.88. The summed E-state index contributed by atoms with van der Waals surface area (Å²) in [6.45, 7) is 2.93. The van der Waals surface area contributed by atoms with Gasteiger partial charge in [0.2, 0.25) is 5.91 Å². The highest BCUT2D eigenvalue weighted by Gasteiger charge is 2.29. The van der Waals surface area contributed by atoms with Crippen molar-refractivity contribution in [2.75, 3.05) is 40.5 Å².